The molecule has 0 radical (unpaired) electrons. The van der Waals surface area contributed by atoms with Gasteiger partial charge < -0.3 is 25.5 Å². The molecule has 0 fully saturated rings. The van der Waals surface area contributed by atoms with Crippen LogP contribution in [0.2, 0.25) is 0 Å². The monoisotopic (exact) mass is 549 g/mol. The van der Waals surface area contributed by atoms with Crippen molar-refractivity contribution in [2.45, 2.75) is 65.0 Å². The lowest BCUT2D eigenvalue weighted by Crippen LogP contribution is -2.37. The molecule has 1 unspecified atom stereocenters. The SMILES string of the molecule is Cc1cc(C)n(CCN(CCCCc2ccc3c(n2)NCCC3)CCC(Nc2cc(N(C)C)ncn2)C(=O)O)n1. The van der Waals surface area contributed by atoms with Crippen LogP contribution in [0.1, 0.15) is 48.3 Å². The summed E-state index contributed by atoms with van der Waals surface area (Å²) < 4.78 is 2.03. The van der Waals surface area contributed by atoms with Gasteiger partial charge in [0.1, 0.15) is 29.8 Å². The molecule has 0 amide bonds. The number of rotatable bonds is 15. The second kappa shape index (κ2) is 14.1. The predicted octanol–water partition coefficient (Wildman–Crippen LogP) is 3.39. The van der Waals surface area contributed by atoms with Crippen LogP contribution in [0.4, 0.5) is 17.5 Å². The van der Waals surface area contributed by atoms with Crippen LogP contribution in [0.25, 0.3) is 0 Å². The largest absolute Gasteiger partial charge is 0.480 e. The number of aliphatic carboxylic acids is 1. The maximum absolute atomic E-state index is 12.1. The molecular formula is C29H43N9O2. The van der Waals surface area contributed by atoms with E-state index >= 15 is 0 Å². The molecule has 11 heteroatoms. The van der Waals surface area contributed by atoms with Gasteiger partial charge in [0, 0.05) is 51.2 Å². The number of nitrogens with zero attached hydrogens (tertiary/aromatic N) is 7. The third-order valence-electron chi connectivity index (χ3n) is 7.31. The Morgan fingerprint density at radius 3 is 2.75 bits per heavy atom. The molecule has 4 heterocycles. The summed E-state index contributed by atoms with van der Waals surface area (Å²) in [6, 6.07) is 7.46. The number of pyridine rings is 1. The van der Waals surface area contributed by atoms with Crippen LogP contribution < -0.4 is 15.5 Å². The van der Waals surface area contributed by atoms with Crippen molar-refractivity contribution in [3.05, 3.63) is 53.2 Å². The summed E-state index contributed by atoms with van der Waals surface area (Å²) in [5, 5.41) is 21.1. The van der Waals surface area contributed by atoms with Crippen LogP contribution in [0, 0.1) is 13.8 Å². The molecule has 11 nitrogen and oxygen atoms in total. The molecule has 3 aromatic heterocycles. The van der Waals surface area contributed by atoms with Crippen LogP contribution in [0.15, 0.2) is 30.6 Å². The number of carbonyl (C=O) groups is 1. The average Bonchev–Trinajstić information content (AvgIpc) is 3.27. The van der Waals surface area contributed by atoms with Crippen molar-refractivity contribution in [1.29, 1.82) is 0 Å². The fourth-order valence-corrected chi connectivity index (χ4v) is 5.04. The van der Waals surface area contributed by atoms with Gasteiger partial charge in [0.2, 0.25) is 0 Å². The molecule has 0 aromatic carbocycles. The molecule has 4 rings (SSSR count). The van der Waals surface area contributed by atoms with Crippen molar-refractivity contribution in [1.82, 2.24) is 29.6 Å². The standard InChI is InChI=1S/C29H43N9O2/c1-21-18-22(2)38(35-21)17-16-37(14-6-5-9-24-11-10-23-8-7-13-30-28(23)33-24)15-12-25(29(39)40)34-26-19-27(36(3)4)32-20-31-26/h10-11,18-20,25H,5-9,12-17H2,1-4H3,(H,30,33)(H,39,40)(H,31,32,34). The number of hydrogen-bond donors (Lipinski definition) is 3. The van der Waals surface area contributed by atoms with E-state index in [2.05, 4.69) is 55.7 Å². The Bertz CT molecular complexity index is 1260. The van der Waals surface area contributed by atoms with Crippen molar-refractivity contribution in [3.63, 3.8) is 0 Å². The number of aromatic nitrogens is 5. The smallest absolute Gasteiger partial charge is 0.326 e. The minimum atomic E-state index is -0.893. The first kappa shape index (κ1) is 29.3. The minimum absolute atomic E-state index is 0.450. The zero-order valence-electron chi connectivity index (χ0n) is 24.2. The average molecular weight is 550 g/mol. The first-order chi connectivity index (χ1) is 19.3. The molecule has 0 aliphatic carbocycles. The third kappa shape index (κ3) is 8.38. The number of hydrogen-bond acceptors (Lipinski definition) is 9. The molecule has 0 saturated heterocycles. The summed E-state index contributed by atoms with van der Waals surface area (Å²) in [6.45, 7) is 8.16. The Labute approximate surface area is 237 Å². The van der Waals surface area contributed by atoms with Gasteiger partial charge in [-0.1, -0.05) is 6.07 Å². The maximum atomic E-state index is 12.1. The molecule has 216 valence electrons. The highest BCUT2D eigenvalue weighted by molar-refractivity contribution is 5.77. The normalized spacial score (nSPS) is 13.5. The highest BCUT2D eigenvalue weighted by Gasteiger charge is 2.20. The molecular weight excluding hydrogens is 506 g/mol. The molecule has 0 bridgehead atoms. The quantitative estimate of drug-likeness (QED) is 0.243. The molecule has 1 aliphatic rings. The number of unbranched alkanes of at least 4 members (excludes halogenated alkanes) is 1. The van der Waals surface area contributed by atoms with E-state index in [4.69, 9.17) is 4.98 Å². The minimum Gasteiger partial charge on any atom is -0.480 e. The highest BCUT2D eigenvalue weighted by atomic mass is 16.4. The van der Waals surface area contributed by atoms with Crippen molar-refractivity contribution in [3.8, 4) is 0 Å². The van der Waals surface area contributed by atoms with E-state index in [-0.39, 0.29) is 0 Å². The predicted molar refractivity (Wildman–Crippen MR) is 158 cm³/mol. The number of aryl methyl sites for hydroxylation is 4. The van der Waals surface area contributed by atoms with Gasteiger partial charge in [-0.3, -0.25) is 4.68 Å². The van der Waals surface area contributed by atoms with Crippen LogP contribution in [-0.4, -0.2) is 87.0 Å². The number of carboxylic acids is 1. The number of nitrogens with one attached hydrogen (secondary N) is 2. The second-order valence-corrected chi connectivity index (χ2v) is 10.8. The van der Waals surface area contributed by atoms with E-state index in [0.29, 0.717) is 18.8 Å². The number of fused-ring (bicyclic) bond motifs is 1. The molecule has 1 atom stereocenters. The number of anilines is 3. The van der Waals surface area contributed by atoms with Gasteiger partial charge in [0.05, 0.1) is 12.2 Å². The van der Waals surface area contributed by atoms with E-state index in [1.165, 1.54) is 11.9 Å². The topological polar surface area (TPSA) is 124 Å². The summed E-state index contributed by atoms with van der Waals surface area (Å²) in [7, 11) is 3.78. The van der Waals surface area contributed by atoms with Gasteiger partial charge >= 0.3 is 5.97 Å². The summed E-state index contributed by atoms with van der Waals surface area (Å²) in [4.78, 5) is 29.6. The van der Waals surface area contributed by atoms with E-state index in [1.54, 1.807) is 6.07 Å². The first-order valence-electron chi connectivity index (χ1n) is 14.2. The van der Waals surface area contributed by atoms with Crippen LogP contribution in [0.5, 0.6) is 0 Å². The van der Waals surface area contributed by atoms with Crippen molar-refractivity contribution in [2.75, 3.05) is 55.8 Å². The molecule has 0 saturated carbocycles. The molecule has 3 aromatic rings. The van der Waals surface area contributed by atoms with Gasteiger partial charge in [0.25, 0.3) is 0 Å². The zero-order valence-corrected chi connectivity index (χ0v) is 24.2. The summed E-state index contributed by atoms with van der Waals surface area (Å²) in [5.41, 5.74) is 4.58. The Balaban J connectivity index is 1.34. The van der Waals surface area contributed by atoms with Gasteiger partial charge in [-0.25, -0.2) is 19.7 Å². The summed E-state index contributed by atoms with van der Waals surface area (Å²) >= 11 is 0. The Morgan fingerprint density at radius 1 is 1.15 bits per heavy atom. The van der Waals surface area contributed by atoms with E-state index in [1.807, 2.05) is 30.6 Å². The summed E-state index contributed by atoms with van der Waals surface area (Å²) in [5.74, 6) is 1.38. The fraction of sp³-hybridized carbons (Fsp3) is 0.552. The van der Waals surface area contributed by atoms with Crippen LogP contribution in [0.3, 0.4) is 0 Å². The highest BCUT2D eigenvalue weighted by Crippen LogP contribution is 2.20. The van der Waals surface area contributed by atoms with Gasteiger partial charge in [0.15, 0.2) is 0 Å². The lowest BCUT2D eigenvalue weighted by Gasteiger charge is -2.25. The maximum Gasteiger partial charge on any atom is 0.326 e. The molecule has 40 heavy (non-hydrogen) atoms. The first-order valence-corrected chi connectivity index (χ1v) is 14.2. The summed E-state index contributed by atoms with van der Waals surface area (Å²) in [6.07, 6.45) is 7.12. The molecule has 0 spiro atoms. The van der Waals surface area contributed by atoms with Crippen molar-refractivity contribution >= 4 is 23.4 Å². The molecule has 3 N–H and O–H groups in total. The Morgan fingerprint density at radius 2 is 2.00 bits per heavy atom. The van der Waals surface area contributed by atoms with E-state index < -0.39 is 12.0 Å². The van der Waals surface area contributed by atoms with Crippen molar-refractivity contribution in [2.24, 2.45) is 0 Å². The Kier molecular flexibility index (Phi) is 10.3. The van der Waals surface area contributed by atoms with Gasteiger partial charge in [-0.05, 0) is 76.6 Å². The number of carboxylic acid groups (broad SMARTS) is 1. The lowest BCUT2D eigenvalue weighted by molar-refractivity contribution is -0.138. The van der Waals surface area contributed by atoms with Crippen molar-refractivity contribution < 1.29 is 9.90 Å². The van der Waals surface area contributed by atoms with Gasteiger partial charge in [-0.2, -0.15) is 5.10 Å². The van der Waals surface area contributed by atoms with Gasteiger partial charge in [-0.15, -0.1) is 0 Å². The third-order valence-corrected chi connectivity index (χ3v) is 7.31. The molecule has 1 aliphatic heterocycles. The van der Waals surface area contributed by atoms with Crippen LogP contribution >= 0.6 is 0 Å². The fourth-order valence-electron chi connectivity index (χ4n) is 5.04. The Hall–Kier alpha value is -3.73. The van der Waals surface area contributed by atoms with Crippen LogP contribution in [-0.2, 0) is 24.2 Å². The van der Waals surface area contributed by atoms with E-state index in [0.717, 1.165) is 87.0 Å². The zero-order chi connectivity index (χ0) is 28.5. The van der Waals surface area contributed by atoms with E-state index in [9.17, 15) is 9.90 Å². The second-order valence-electron chi connectivity index (χ2n) is 10.8. The lowest BCUT2D eigenvalue weighted by atomic mass is 10.1.